The van der Waals surface area contributed by atoms with Gasteiger partial charge in [0.15, 0.2) is 5.82 Å². The molecule has 0 aliphatic carbocycles. The first-order valence-electron chi connectivity index (χ1n) is 6.16. The molecule has 0 radical (unpaired) electrons. The van der Waals surface area contributed by atoms with E-state index in [2.05, 4.69) is 43.2 Å². The van der Waals surface area contributed by atoms with E-state index in [0.717, 1.165) is 37.5 Å². The lowest BCUT2D eigenvalue weighted by Gasteiger charge is -2.09. The molecule has 0 aliphatic heterocycles. The van der Waals surface area contributed by atoms with E-state index in [4.69, 9.17) is 4.52 Å². The second-order valence-electron chi connectivity index (χ2n) is 4.70. The van der Waals surface area contributed by atoms with Gasteiger partial charge >= 0.3 is 0 Å². The molecule has 16 heavy (non-hydrogen) atoms. The Hall–Kier alpha value is -0.900. The SMILES string of the molecule is CCNC(C)CCc1nc(CC(C)C)no1. The van der Waals surface area contributed by atoms with Crippen molar-refractivity contribution in [3.05, 3.63) is 11.7 Å². The van der Waals surface area contributed by atoms with Gasteiger partial charge in [0.1, 0.15) is 0 Å². The van der Waals surface area contributed by atoms with Crippen molar-refractivity contribution in [1.82, 2.24) is 15.5 Å². The predicted octanol–water partition coefficient (Wildman–Crippen LogP) is 2.20. The third-order valence-electron chi connectivity index (χ3n) is 2.44. The maximum atomic E-state index is 5.21. The molecule has 4 heteroatoms. The smallest absolute Gasteiger partial charge is 0.226 e. The van der Waals surface area contributed by atoms with Crippen LogP contribution in [-0.4, -0.2) is 22.7 Å². The minimum absolute atomic E-state index is 0.505. The fraction of sp³-hybridized carbons (Fsp3) is 0.833. The molecule has 1 atom stereocenters. The van der Waals surface area contributed by atoms with Crippen LogP contribution in [0.2, 0.25) is 0 Å². The number of hydrogen-bond acceptors (Lipinski definition) is 4. The summed E-state index contributed by atoms with van der Waals surface area (Å²) in [5.41, 5.74) is 0. The molecule has 1 unspecified atom stereocenters. The van der Waals surface area contributed by atoms with Crippen LogP contribution >= 0.6 is 0 Å². The molecule has 0 bridgehead atoms. The van der Waals surface area contributed by atoms with Gasteiger partial charge in [-0.2, -0.15) is 4.98 Å². The van der Waals surface area contributed by atoms with Crippen LogP contribution in [0.25, 0.3) is 0 Å². The van der Waals surface area contributed by atoms with Crippen LogP contribution in [-0.2, 0) is 12.8 Å². The molecule has 1 aromatic heterocycles. The molecule has 1 aromatic rings. The molecule has 1 heterocycles. The molecule has 4 nitrogen and oxygen atoms in total. The highest BCUT2D eigenvalue weighted by atomic mass is 16.5. The van der Waals surface area contributed by atoms with E-state index in [9.17, 15) is 0 Å². The Morgan fingerprint density at radius 1 is 1.31 bits per heavy atom. The highest BCUT2D eigenvalue weighted by Crippen LogP contribution is 2.07. The number of aromatic nitrogens is 2. The Morgan fingerprint density at radius 2 is 2.06 bits per heavy atom. The summed E-state index contributed by atoms with van der Waals surface area (Å²) in [5.74, 6) is 2.17. The second-order valence-corrected chi connectivity index (χ2v) is 4.70. The quantitative estimate of drug-likeness (QED) is 0.773. The molecule has 0 aliphatic rings. The van der Waals surface area contributed by atoms with Crippen LogP contribution in [0.5, 0.6) is 0 Å². The van der Waals surface area contributed by atoms with Crippen LogP contribution in [0.4, 0.5) is 0 Å². The fourth-order valence-corrected chi connectivity index (χ4v) is 1.63. The summed E-state index contributed by atoms with van der Waals surface area (Å²) in [6.45, 7) is 9.61. The number of hydrogen-bond donors (Lipinski definition) is 1. The van der Waals surface area contributed by atoms with Crippen molar-refractivity contribution in [2.75, 3.05) is 6.54 Å². The molecule has 0 amide bonds. The molecule has 92 valence electrons. The van der Waals surface area contributed by atoms with Gasteiger partial charge in [0.05, 0.1) is 0 Å². The Balaban J connectivity index is 2.34. The zero-order valence-electron chi connectivity index (χ0n) is 10.8. The van der Waals surface area contributed by atoms with Gasteiger partial charge < -0.3 is 9.84 Å². The second kappa shape index (κ2) is 6.63. The molecule has 0 spiro atoms. The van der Waals surface area contributed by atoms with E-state index >= 15 is 0 Å². The van der Waals surface area contributed by atoms with Gasteiger partial charge in [0.25, 0.3) is 0 Å². The van der Waals surface area contributed by atoms with Crippen LogP contribution in [0, 0.1) is 5.92 Å². The number of aryl methyl sites for hydroxylation is 1. The molecule has 0 saturated heterocycles. The van der Waals surface area contributed by atoms with Crippen molar-refractivity contribution < 1.29 is 4.52 Å². The fourth-order valence-electron chi connectivity index (χ4n) is 1.63. The minimum Gasteiger partial charge on any atom is -0.339 e. The van der Waals surface area contributed by atoms with Crippen molar-refractivity contribution in [2.45, 2.75) is 53.0 Å². The Bertz CT molecular complexity index is 296. The molecular formula is C12H23N3O. The third kappa shape index (κ3) is 4.75. The lowest BCUT2D eigenvalue weighted by molar-refractivity contribution is 0.361. The summed E-state index contributed by atoms with van der Waals surface area (Å²) in [4.78, 5) is 4.38. The van der Waals surface area contributed by atoms with E-state index in [1.54, 1.807) is 0 Å². The van der Waals surface area contributed by atoms with Crippen molar-refractivity contribution in [1.29, 1.82) is 0 Å². The summed E-state index contributed by atoms with van der Waals surface area (Å²) in [6, 6.07) is 0.505. The largest absolute Gasteiger partial charge is 0.339 e. The Labute approximate surface area is 97.8 Å². The zero-order chi connectivity index (χ0) is 12.0. The van der Waals surface area contributed by atoms with Gasteiger partial charge in [-0.1, -0.05) is 25.9 Å². The summed E-state index contributed by atoms with van der Waals surface area (Å²) in [7, 11) is 0. The number of nitrogens with zero attached hydrogens (tertiary/aromatic N) is 2. The van der Waals surface area contributed by atoms with E-state index in [1.165, 1.54) is 0 Å². The predicted molar refractivity (Wildman–Crippen MR) is 64.3 cm³/mol. The first kappa shape index (κ1) is 13.2. The van der Waals surface area contributed by atoms with Crippen molar-refractivity contribution in [3.8, 4) is 0 Å². The normalized spacial score (nSPS) is 13.3. The van der Waals surface area contributed by atoms with Crippen molar-refractivity contribution in [2.24, 2.45) is 5.92 Å². The number of nitrogens with one attached hydrogen (secondary N) is 1. The average molecular weight is 225 g/mol. The van der Waals surface area contributed by atoms with E-state index in [-0.39, 0.29) is 0 Å². The standard InChI is InChI=1S/C12H23N3O/c1-5-13-10(4)6-7-12-14-11(15-16-12)8-9(2)3/h9-10,13H,5-8H2,1-4H3. The Kier molecular flexibility index (Phi) is 5.46. The van der Waals surface area contributed by atoms with E-state index < -0.39 is 0 Å². The molecule has 1 rings (SSSR count). The zero-order valence-corrected chi connectivity index (χ0v) is 10.8. The topological polar surface area (TPSA) is 51.0 Å². The summed E-state index contributed by atoms with van der Waals surface area (Å²) in [5, 5.41) is 7.34. The highest BCUT2D eigenvalue weighted by Gasteiger charge is 2.09. The maximum absolute atomic E-state index is 5.21. The lowest BCUT2D eigenvalue weighted by Crippen LogP contribution is -2.25. The number of rotatable bonds is 7. The van der Waals surface area contributed by atoms with Crippen LogP contribution in [0.15, 0.2) is 4.52 Å². The third-order valence-corrected chi connectivity index (χ3v) is 2.44. The highest BCUT2D eigenvalue weighted by molar-refractivity contribution is 4.88. The Morgan fingerprint density at radius 3 is 2.69 bits per heavy atom. The van der Waals surface area contributed by atoms with E-state index in [1.807, 2.05) is 0 Å². The van der Waals surface area contributed by atoms with Gasteiger partial charge in [-0.05, 0) is 25.8 Å². The lowest BCUT2D eigenvalue weighted by atomic mass is 10.1. The minimum atomic E-state index is 0.505. The van der Waals surface area contributed by atoms with Crippen molar-refractivity contribution >= 4 is 0 Å². The summed E-state index contributed by atoms with van der Waals surface area (Å²) >= 11 is 0. The van der Waals surface area contributed by atoms with Gasteiger partial charge in [-0.15, -0.1) is 0 Å². The summed E-state index contributed by atoms with van der Waals surface area (Å²) in [6.07, 6.45) is 2.79. The van der Waals surface area contributed by atoms with Gasteiger partial charge in [-0.25, -0.2) is 0 Å². The molecular weight excluding hydrogens is 202 g/mol. The maximum Gasteiger partial charge on any atom is 0.226 e. The molecule has 0 saturated carbocycles. The summed E-state index contributed by atoms with van der Waals surface area (Å²) < 4.78 is 5.21. The molecule has 0 fully saturated rings. The van der Waals surface area contributed by atoms with Crippen LogP contribution in [0.1, 0.15) is 45.8 Å². The van der Waals surface area contributed by atoms with Crippen LogP contribution in [0.3, 0.4) is 0 Å². The first-order chi connectivity index (χ1) is 7.61. The molecule has 1 N–H and O–H groups in total. The first-order valence-corrected chi connectivity index (χ1v) is 6.16. The monoisotopic (exact) mass is 225 g/mol. The van der Waals surface area contributed by atoms with Gasteiger partial charge in [0, 0.05) is 18.9 Å². The van der Waals surface area contributed by atoms with E-state index in [0.29, 0.717) is 12.0 Å². The van der Waals surface area contributed by atoms with Gasteiger partial charge in [0.2, 0.25) is 5.89 Å². The van der Waals surface area contributed by atoms with Crippen LogP contribution < -0.4 is 5.32 Å². The van der Waals surface area contributed by atoms with Gasteiger partial charge in [-0.3, -0.25) is 0 Å². The average Bonchev–Trinajstić information content (AvgIpc) is 2.62. The molecule has 0 aromatic carbocycles. The van der Waals surface area contributed by atoms with Crippen molar-refractivity contribution in [3.63, 3.8) is 0 Å².